The molecule has 6 heteroatoms. The van der Waals surface area contributed by atoms with Crippen LogP contribution < -0.4 is 11.0 Å². The summed E-state index contributed by atoms with van der Waals surface area (Å²) in [5.74, 6) is -0.245. The Hall–Kier alpha value is -2.08. The molecule has 0 aliphatic carbocycles. The smallest absolute Gasteiger partial charge is 0.324 e. The monoisotopic (exact) mass is 331 g/mol. The Bertz CT molecular complexity index is 743. The Kier molecular flexibility index (Phi) is 5.98. The van der Waals surface area contributed by atoms with Gasteiger partial charge in [-0.1, -0.05) is 13.8 Å². The molecule has 23 heavy (non-hydrogen) atoms. The summed E-state index contributed by atoms with van der Waals surface area (Å²) >= 11 is 1.82. The summed E-state index contributed by atoms with van der Waals surface area (Å²) in [6.07, 6.45) is 4.07. The number of nitrogens with zero attached hydrogens (tertiary/aromatic N) is 2. The molecule has 0 aliphatic rings. The van der Waals surface area contributed by atoms with Crippen LogP contribution in [0.15, 0.2) is 46.3 Å². The molecule has 2 aromatic rings. The number of rotatable bonds is 6. The van der Waals surface area contributed by atoms with E-state index in [1.165, 1.54) is 15.7 Å². The van der Waals surface area contributed by atoms with Crippen molar-refractivity contribution in [3.63, 3.8) is 0 Å². The highest BCUT2D eigenvalue weighted by molar-refractivity contribution is 7.99. The van der Waals surface area contributed by atoms with E-state index < -0.39 is 5.69 Å². The first-order chi connectivity index (χ1) is 11.0. The fraction of sp³-hybridized carbons (Fsp3) is 0.353. The predicted molar refractivity (Wildman–Crippen MR) is 93.9 cm³/mol. The fourth-order valence-electron chi connectivity index (χ4n) is 2.02. The minimum atomic E-state index is -0.431. The normalized spacial score (nSPS) is 12.0. The van der Waals surface area contributed by atoms with Crippen LogP contribution >= 0.6 is 11.8 Å². The first-order valence-corrected chi connectivity index (χ1v) is 8.46. The molecule has 0 unspecified atom stereocenters. The predicted octanol–water partition coefficient (Wildman–Crippen LogP) is 3.08. The van der Waals surface area contributed by atoms with Crippen molar-refractivity contribution in [1.82, 2.24) is 9.55 Å². The number of aromatic nitrogens is 2. The highest BCUT2D eigenvalue weighted by Gasteiger charge is 2.09. The molecule has 0 radical (unpaired) electrons. The van der Waals surface area contributed by atoms with Gasteiger partial charge in [0.2, 0.25) is 5.91 Å². The topological polar surface area (TPSA) is 64.0 Å². The molecule has 0 saturated heterocycles. The summed E-state index contributed by atoms with van der Waals surface area (Å²) < 4.78 is 1.28. The SMILES string of the molecule is CC[C@H](C)Sc1ccc(NC(=O)Cn2cccnc2=O)c(C)c1. The molecule has 5 nitrogen and oxygen atoms in total. The molecule has 1 amide bonds. The van der Waals surface area contributed by atoms with Crippen molar-refractivity contribution < 1.29 is 4.79 Å². The summed E-state index contributed by atoms with van der Waals surface area (Å²) in [4.78, 5) is 28.4. The van der Waals surface area contributed by atoms with Gasteiger partial charge in [-0.2, -0.15) is 0 Å². The van der Waals surface area contributed by atoms with Crippen molar-refractivity contribution in [3.8, 4) is 0 Å². The maximum absolute atomic E-state index is 12.1. The number of carbonyl (C=O) groups is 1. The minimum absolute atomic E-state index is 0.0461. The Morgan fingerprint density at radius 3 is 2.87 bits per heavy atom. The van der Waals surface area contributed by atoms with Crippen LogP contribution in [0.4, 0.5) is 5.69 Å². The Balaban J connectivity index is 2.04. The molecule has 2 rings (SSSR count). The second-order valence-electron chi connectivity index (χ2n) is 5.39. The van der Waals surface area contributed by atoms with Gasteiger partial charge >= 0.3 is 5.69 Å². The van der Waals surface area contributed by atoms with Crippen molar-refractivity contribution >= 4 is 23.4 Å². The van der Waals surface area contributed by atoms with Gasteiger partial charge in [-0.25, -0.2) is 9.78 Å². The van der Waals surface area contributed by atoms with Crippen LogP contribution in [0.2, 0.25) is 0 Å². The van der Waals surface area contributed by atoms with Gasteiger partial charge < -0.3 is 5.32 Å². The van der Waals surface area contributed by atoms with Crippen LogP contribution in [0.25, 0.3) is 0 Å². The first kappa shape index (κ1) is 17.3. The van der Waals surface area contributed by atoms with Crippen molar-refractivity contribution in [3.05, 3.63) is 52.7 Å². The van der Waals surface area contributed by atoms with E-state index in [9.17, 15) is 9.59 Å². The van der Waals surface area contributed by atoms with E-state index in [2.05, 4.69) is 30.2 Å². The third-order valence-corrected chi connectivity index (χ3v) is 4.74. The molecule has 0 saturated carbocycles. The zero-order valence-electron chi connectivity index (χ0n) is 13.6. The van der Waals surface area contributed by atoms with Crippen molar-refractivity contribution in [2.45, 2.75) is 43.9 Å². The van der Waals surface area contributed by atoms with Gasteiger partial charge in [0.25, 0.3) is 0 Å². The van der Waals surface area contributed by atoms with E-state index >= 15 is 0 Å². The molecular weight excluding hydrogens is 310 g/mol. The molecular formula is C17H21N3O2S. The van der Waals surface area contributed by atoms with Gasteiger partial charge in [-0.05, 0) is 43.2 Å². The Labute approximate surface area is 140 Å². The minimum Gasteiger partial charge on any atom is -0.324 e. The van der Waals surface area contributed by atoms with E-state index in [-0.39, 0.29) is 12.5 Å². The molecule has 122 valence electrons. The van der Waals surface area contributed by atoms with Gasteiger partial charge in [0.1, 0.15) is 6.54 Å². The zero-order chi connectivity index (χ0) is 16.8. The lowest BCUT2D eigenvalue weighted by Crippen LogP contribution is -2.28. The van der Waals surface area contributed by atoms with Gasteiger partial charge in [0, 0.05) is 28.2 Å². The number of thioether (sulfide) groups is 1. The molecule has 0 spiro atoms. The molecule has 1 atom stereocenters. The highest BCUT2D eigenvalue weighted by atomic mass is 32.2. The summed E-state index contributed by atoms with van der Waals surface area (Å²) in [5, 5.41) is 3.41. The highest BCUT2D eigenvalue weighted by Crippen LogP contribution is 2.28. The lowest BCUT2D eigenvalue weighted by atomic mass is 10.2. The standard InChI is InChI=1S/C17H21N3O2S/c1-4-13(3)23-14-6-7-15(12(2)10-14)19-16(21)11-20-9-5-8-18-17(20)22/h5-10,13H,4,11H2,1-3H3,(H,19,21)/t13-/m0/s1. The van der Waals surface area contributed by atoms with E-state index in [1.54, 1.807) is 12.3 Å². The van der Waals surface area contributed by atoms with Crippen LogP contribution in [0.1, 0.15) is 25.8 Å². The second-order valence-corrected chi connectivity index (χ2v) is 6.90. The summed E-state index contributed by atoms with van der Waals surface area (Å²) in [7, 11) is 0. The molecule has 0 bridgehead atoms. The lowest BCUT2D eigenvalue weighted by Gasteiger charge is -2.12. The van der Waals surface area contributed by atoms with Gasteiger partial charge in [0.05, 0.1) is 0 Å². The van der Waals surface area contributed by atoms with Crippen molar-refractivity contribution in [2.75, 3.05) is 5.32 Å². The summed E-state index contributed by atoms with van der Waals surface area (Å²) in [5.41, 5.74) is 1.34. The van der Waals surface area contributed by atoms with E-state index in [1.807, 2.05) is 30.8 Å². The average molecular weight is 331 g/mol. The maximum Gasteiger partial charge on any atom is 0.347 e. The van der Waals surface area contributed by atoms with Crippen LogP contribution in [-0.4, -0.2) is 20.7 Å². The van der Waals surface area contributed by atoms with Gasteiger partial charge in [-0.15, -0.1) is 11.8 Å². The first-order valence-electron chi connectivity index (χ1n) is 7.58. The van der Waals surface area contributed by atoms with Gasteiger partial charge in [-0.3, -0.25) is 9.36 Å². The number of aryl methyl sites for hydroxylation is 1. The van der Waals surface area contributed by atoms with E-state index in [0.717, 1.165) is 17.7 Å². The number of carbonyl (C=O) groups excluding carboxylic acids is 1. The quantitative estimate of drug-likeness (QED) is 0.826. The lowest BCUT2D eigenvalue weighted by molar-refractivity contribution is -0.116. The largest absolute Gasteiger partial charge is 0.347 e. The third-order valence-electron chi connectivity index (χ3n) is 3.48. The molecule has 0 fully saturated rings. The number of anilines is 1. The van der Waals surface area contributed by atoms with Crippen LogP contribution in [0.5, 0.6) is 0 Å². The second kappa shape index (κ2) is 7.97. The third kappa shape index (κ3) is 4.96. The fourth-order valence-corrected chi connectivity index (χ4v) is 3.04. The molecule has 1 heterocycles. The molecule has 1 N–H and O–H groups in total. The summed E-state index contributed by atoms with van der Waals surface area (Å²) in [6.45, 7) is 6.28. The zero-order valence-corrected chi connectivity index (χ0v) is 14.4. The maximum atomic E-state index is 12.1. The van der Waals surface area contributed by atoms with Crippen molar-refractivity contribution in [1.29, 1.82) is 0 Å². The molecule has 1 aromatic heterocycles. The molecule has 1 aromatic carbocycles. The Morgan fingerprint density at radius 1 is 1.43 bits per heavy atom. The van der Waals surface area contributed by atoms with Crippen molar-refractivity contribution in [2.24, 2.45) is 0 Å². The Morgan fingerprint density at radius 2 is 2.22 bits per heavy atom. The van der Waals surface area contributed by atoms with E-state index in [4.69, 9.17) is 0 Å². The summed E-state index contributed by atoms with van der Waals surface area (Å²) in [6, 6.07) is 7.61. The number of nitrogens with one attached hydrogen (secondary N) is 1. The number of amides is 1. The average Bonchev–Trinajstić information content (AvgIpc) is 2.52. The van der Waals surface area contributed by atoms with Crippen LogP contribution in [-0.2, 0) is 11.3 Å². The number of hydrogen-bond donors (Lipinski definition) is 1. The number of hydrogen-bond acceptors (Lipinski definition) is 4. The number of benzene rings is 1. The molecule has 0 aliphatic heterocycles. The van der Waals surface area contributed by atoms with Crippen LogP contribution in [0.3, 0.4) is 0 Å². The van der Waals surface area contributed by atoms with Crippen LogP contribution in [0, 0.1) is 6.92 Å². The van der Waals surface area contributed by atoms with E-state index in [0.29, 0.717) is 5.25 Å². The van der Waals surface area contributed by atoms with Gasteiger partial charge in [0.15, 0.2) is 0 Å².